The zero-order valence-corrected chi connectivity index (χ0v) is 17.4. The fraction of sp³-hybridized carbons (Fsp3) is 0.227. The number of pyridine rings is 1. The van der Waals surface area contributed by atoms with Gasteiger partial charge in [-0.25, -0.2) is 8.42 Å². The summed E-state index contributed by atoms with van der Waals surface area (Å²) < 4.78 is 25.2. The fourth-order valence-corrected chi connectivity index (χ4v) is 3.73. The first-order chi connectivity index (χ1) is 14.3. The molecule has 0 radical (unpaired) electrons. The molecule has 0 aliphatic heterocycles. The van der Waals surface area contributed by atoms with Crippen LogP contribution in [-0.4, -0.2) is 36.4 Å². The summed E-state index contributed by atoms with van der Waals surface area (Å²) in [5.74, 6) is -0.205. The van der Waals surface area contributed by atoms with Gasteiger partial charge >= 0.3 is 0 Å². The van der Waals surface area contributed by atoms with Crippen LogP contribution in [-0.2, 0) is 16.4 Å². The van der Waals surface area contributed by atoms with Crippen molar-refractivity contribution in [3.05, 3.63) is 89.7 Å². The summed E-state index contributed by atoms with van der Waals surface area (Å²) in [5.41, 5.74) is 2.72. The third kappa shape index (κ3) is 6.28. The van der Waals surface area contributed by atoms with Crippen LogP contribution in [0.3, 0.4) is 0 Å². The van der Waals surface area contributed by atoms with Crippen molar-refractivity contribution < 1.29 is 18.6 Å². The van der Waals surface area contributed by atoms with Gasteiger partial charge in [0.05, 0.1) is 18.0 Å². The normalized spacial score (nSPS) is 13.5. The first-order valence-corrected chi connectivity index (χ1v) is 11.4. The Labute approximate surface area is 176 Å². The molecule has 7 nitrogen and oxygen atoms in total. The predicted molar refractivity (Wildman–Crippen MR) is 117 cm³/mol. The van der Waals surface area contributed by atoms with Crippen molar-refractivity contribution >= 4 is 15.7 Å². The summed E-state index contributed by atoms with van der Waals surface area (Å²) in [6.07, 6.45) is 4.29. The van der Waals surface area contributed by atoms with Crippen LogP contribution in [0.5, 0.6) is 5.75 Å². The second-order valence-electron chi connectivity index (χ2n) is 7.10. The molecular formula is C22H25N3O4S. The minimum absolute atomic E-state index is 0.0315. The van der Waals surface area contributed by atoms with E-state index in [2.05, 4.69) is 27.2 Å². The number of benzene rings is 2. The number of anilines is 1. The molecule has 0 aliphatic rings. The lowest BCUT2D eigenvalue weighted by molar-refractivity contribution is 0.169. The zero-order valence-electron chi connectivity index (χ0n) is 16.6. The lowest BCUT2D eigenvalue weighted by atomic mass is 9.99. The van der Waals surface area contributed by atoms with Gasteiger partial charge in [-0.3, -0.25) is 9.71 Å². The Hall–Kier alpha value is -2.94. The maximum absolute atomic E-state index is 11.5. The van der Waals surface area contributed by atoms with Gasteiger partial charge < -0.3 is 15.5 Å². The number of hydrogen-bond donors (Lipinski definition) is 4. The van der Waals surface area contributed by atoms with Gasteiger partial charge in [0, 0.05) is 25.0 Å². The number of aromatic hydroxyl groups is 1. The third-order valence-corrected chi connectivity index (χ3v) is 5.24. The topological polar surface area (TPSA) is 112 Å². The molecule has 0 saturated heterocycles. The van der Waals surface area contributed by atoms with E-state index in [1.807, 2.05) is 30.3 Å². The summed E-state index contributed by atoms with van der Waals surface area (Å²) in [4.78, 5) is 4.07. The Balaban J connectivity index is 1.74. The summed E-state index contributed by atoms with van der Waals surface area (Å²) in [7, 11) is -3.55. The highest BCUT2D eigenvalue weighted by molar-refractivity contribution is 7.92. The Morgan fingerprint density at radius 3 is 2.37 bits per heavy atom. The molecule has 0 amide bonds. The van der Waals surface area contributed by atoms with Gasteiger partial charge in [-0.15, -0.1) is 0 Å². The second-order valence-corrected chi connectivity index (χ2v) is 8.85. The molecule has 1 heterocycles. The van der Waals surface area contributed by atoms with Crippen LogP contribution in [0.4, 0.5) is 5.69 Å². The first kappa shape index (κ1) is 21.8. The number of nitrogens with one attached hydrogen (secondary N) is 2. The van der Waals surface area contributed by atoms with Crippen molar-refractivity contribution in [2.75, 3.05) is 17.5 Å². The first-order valence-electron chi connectivity index (χ1n) is 9.48. The van der Waals surface area contributed by atoms with Gasteiger partial charge in [0.2, 0.25) is 10.0 Å². The second kappa shape index (κ2) is 9.71. The minimum atomic E-state index is -3.55. The lowest BCUT2D eigenvalue weighted by Crippen LogP contribution is -2.28. The number of aliphatic hydroxyl groups excluding tert-OH is 1. The summed E-state index contributed by atoms with van der Waals surface area (Å²) in [6, 6.07) is 18.2. The summed E-state index contributed by atoms with van der Waals surface area (Å²) >= 11 is 0. The molecule has 3 aromatic rings. The third-order valence-electron chi connectivity index (χ3n) is 4.65. The van der Waals surface area contributed by atoms with E-state index in [0.717, 1.165) is 23.8 Å². The molecule has 0 saturated carbocycles. The van der Waals surface area contributed by atoms with Crippen molar-refractivity contribution in [3.63, 3.8) is 0 Å². The highest BCUT2D eigenvalue weighted by atomic mass is 32.2. The van der Waals surface area contributed by atoms with Gasteiger partial charge in [0.15, 0.2) is 0 Å². The predicted octanol–water partition coefficient (Wildman–Crippen LogP) is 2.77. The molecule has 2 aromatic carbocycles. The molecule has 8 heteroatoms. The quantitative estimate of drug-likeness (QED) is 0.391. The average molecular weight is 428 g/mol. The van der Waals surface area contributed by atoms with Crippen LogP contribution in [0.15, 0.2) is 73.1 Å². The van der Waals surface area contributed by atoms with Crippen molar-refractivity contribution in [3.8, 4) is 5.75 Å². The van der Waals surface area contributed by atoms with Gasteiger partial charge in [0.25, 0.3) is 0 Å². The van der Waals surface area contributed by atoms with E-state index >= 15 is 0 Å². The standard InChI is InChI=1S/C22H25N3O4S/c1-30(28,29)25-20-14-18(7-8-21(20)26)22(27)15-24-19(17-9-11-23-12-10-17)13-16-5-3-2-4-6-16/h2-12,14,19,22,24-27H,13,15H2,1H3/t19-,22?/m1/s1. The maximum atomic E-state index is 11.5. The molecule has 0 bridgehead atoms. The number of aliphatic hydroxyl groups is 1. The maximum Gasteiger partial charge on any atom is 0.229 e. The molecular weight excluding hydrogens is 402 g/mol. The molecule has 0 fully saturated rings. The highest BCUT2D eigenvalue weighted by Crippen LogP contribution is 2.28. The van der Waals surface area contributed by atoms with Crippen LogP contribution in [0.1, 0.15) is 28.8 Å². The van der Waals surface area contributed by atoms with Gasteiger partial charge in [-0.05, 0) is 47.4 Å². The van der Waals surface area contributed by atoms with E-state index in [1.54, 1.807) is 18.5 Å². The number of phenolic OH excluding ortho intramolecular Hbond substituents is 1. The molecule has 1 aromatic heterocycles. The monoisotopic (exact) mass is 427 g/mol. The van der Waals surface area contributed by atoms with Crippen LogP contribution in [0, 0.1) is 0 Å². The van der Waals surface area contributed by atoms with Crippen molar-refractivity contribution in [2.24, 2.45) is 0 Å². The van der Waals surface area contributed by atoms with E-state index in [-0.39, 0.29) is 24.0 Å². The van der Waals surface area contributed by atoms with Crippen LogP contribution in [0.2, 0.25) is 0 Å². The Morgan fingerprint density at radius 1 is 1.00 bits per heavy atom. The highest BCUT2D eigenvalue weighted by Gasteiger charge is 2.17. The lowest BCUT2D eigenvalue weighted by Gasteiger charge is -2.22. The molecule has 30 heavy (non-hydrogen) atoms. The largest absolute Gasteiger partial charge is 0.506 e. The number of nitrogens with zero attached hydrogens (tertiary/aromatic N) is 1. The molecule has 0 spiro atoms. The fourth-order valence-electron chi connectivity index (χ4n) is 3.17. The van der Waals surface area contributed by atoms with Gasteiger partial charge in [-0.1, -0.05) is 36.4 Å². The zero-order chi connectivity index (χ0) is 21.6. The van der Waals surface area contributed by atoms with Crippen molar-refractivity contribution in [1.82, 2.24) is 10.3 Å². The number of sulfonamides is 1. The van der Waals surface area contributed by atoms with E-state index in [4.69, 9.17) is 0 Å². The van der Waals surface area contributed by atoms with E-state index in [0.29, 0.717) is 5.56 Å². The Kier molecular flexibility index (Phi) is 7.04. The molecule has 3 rings (SSSR count). The number of aromatic nitrogens is 1. The SMILES string of the molecule is CS(=O)(=O)Nc1cc(C(O)CN[C@H](Cc2ccccc2)c2ccncc2)ccc1O. The molecule has 2 atom stereocenters. The van der Waals surface area contributed by atoms with E-state index in [1.165, 1.54) is 12.1 Å². The average Bonchev–Trinajstić information content (AvgIpc) is 2.73. The Bertz CT molecular complexity index is 1060. The van der Waals surface area contributed by atoms with E-state index < -0.39 is 16.1 Å². The van der Waals surface area contributed by atoms with Crippen molar-refractivity contribution in [2.45, 2.75) is 18.6 Å². The molecule has 1 unspecified atom stereocenters. The van der Waals surface area contributed by atoms with Crippen LogP contribution < -0.4 is 10.0 Å². The van der Waals surface area contributed by atoms with E-state index in [9.17, 15) is 18.6 Å². The number of hydrogen-bond acceptors (Lipinski definition) is 6. The molecule has 158 valence electrons. The van der Waals surface area contributed by atoms with Crippen molar-refractivity contribution in [1.29, 1.82) is 0 Å². The molecule has 0 aliphatic carbocycles. The minimum Gasteiger partial charge on any atom is -0.506 e. The Morgan fingerprint density at radius 2 is 1.70 bits per heavy atom. The van der Waals surface area contributed by atoms with Gasteiger partial charge in [0.1, 0.15) is 5.75 Å². The summed E-state index contributed by atoms with van der Waals surface area (Å²) in [5, 5.41) is 23.9. The smallest absolute Gasteiger partial charge is 0.229 e. The summed E-state index contributed by atoms with van der Waals surface area (Å²) in [6.45, 7) is 0.239. The van der Waals surface area contributed by atoms with Crippen LogP contribution in [0.25, 0.3) is 0 Å². The van der Waals surface area contributed by atoms with Gasteiger partial charge in [-0.2, -0.15) is 0 Å². The van der Waals surface area contributed by atoms with Crippen LogP contribution >= 0.6 is 0 Å². The number of phenols is 1. The number of rotatable bonds is 9. The molecule has 4 N–H and O–H groups in total.